The second-order valence-electron chi connectivity index (χ2n) is 7.31. The topological polar surface area (TPSA) is 190 Å². The zero-order chi connectivity index (χ0) is 23.2. The fourth-order valence-electron chi connectivity index (χ4n) is 3.55. The number of aliphatic hydroxyl groups excluding tert-OH is 4. The van der Waals surface area contributed by atoms with E-state index in [4.69, 9.17) is 13.9 Å². The monoisotopic (exact) mass is 448 g/mol. The standard InChI is InChI=1S/C21H20O11/c22-7-15-18(27)19(28)20(29)21(32-15)31-14-5-9(23)4-13-17(14)10(6-16(26)30-13)8-1-2-11(24)12(25)3-8/h1-6,15,18-25,27-29H,7H2/t15?,18-,19+,20?,21-/m1/s1. The van der Waals surface area contributed by atoms with Crippen LogP contribution in [0.3, 0.4) is 0 Å². The summed E-state index contributed by atoms with van der Waals surface area (Å²) in [6.45, 7) is -0.668. The zero-order valence-electron chi connectivity index (χ0n) is 16.3. The van der Waals surface area contributed by atoms with Crippen LogP contribution in [0.25, 0.3) is 22.1 Å². The molecule has 0 bridgehead atoms. The first-order chi connectivity index (χ1) is 15.2. The van der Waals surface area contributed by atoms with E-state index < -0.39 is 48.7 Å². The molecule has 170 valence electrons. The van der Waals surface area contributed by atoms with E-state index in [1.54, 1.807) is 0 Å². The van der Waals surface area contributed by atoms with Crippen molar-refractivity contribution in [3.05, 3.63) is 46.8 Å². The average molecular weight is 448 g/mol. The quantitative estimate of drug-likeness (QED) is 0.206. The smallest absolute Gasteiger partial charge is 0.336 e. The van der Waals surface area contributed by atoms with Gasteiger partial charge in [0.15, 0.2) is 11.5 Å². The lowest BCUT2D eigenvalue weighted by atomic mass is 9.99. The van der Waals surface area contributed by atoms with Crippen molar-refractivity contribution in [2.45, 2.75) is 30.7 Å². The molecule has 0 aliphatic carbocycles. The molecule has 5 atom stereocenters. The van der Waals surface area contributed by atoms with Crippen LogP contribution in [0.15, 0.2) is 45.6 Å². The summed E-state index contributed by atoms with van der Waals surface area (Å²) >= 11 is 0. The van der Waals surface area contributed by atoms with Gasteiger partial charge >= 0.3 is 5.63 Å². The van der Waals surface area contributed by atoms with Crippen molar-refractivity contribution in [1.82, 2.24) is 0 Å². The van der Waals surface area contributed by atoms with Gasteiger partial charge in [-0.2, -0.15) is 0 Å². The van der Waals surface area contributed by atoms with Crippen LogP contribution in [0.5, 0.6) is 23.0 Å². The van der Waals surface area contributed by atoms with E-state index >= 15 is 0 Å². The van der Waals surface area contributed by atoms with Crippen molar-refractivity contribution in [3.8, 4) is 34.1 Å². The molecule has 0 radical (unpaired) electrons. The summed E-state index contributed by atoms with van der Waals surface area (Å²) < 4.78 is 16.2. The maximum Gasteiger partial charge on any atom is 0.336 e. The molecule has 1 fully saturated rings. The molecule has 2 unspecified atom stereocenters. The molecule has 1 aromatic heterocycles. The molecule has 32 heavy (non-hydrogen) atoms. The van der Waals surface area contributed by atoms with E-state index in [0.717, 1.165) is 18.2 Å². The Hall–Kier alpha value is -3.35. The number of phenolic OH excluding ortho intramolecular Hbond substituents is 3. The number of hydrogen-bond donors (Lipinski definition) is 7. The van der Waals surface area contributed by atoms with Gasteiger partial charge in [-0.25, -0.2) is 4.79 Å². The molecule has 1 saturated heterocycles. The summed E-state index contributed by atoms with van der Waals surface area (Å²) in [6, 6.07) is 7.24. The highest BCUT2D eigenvalue weighted by atomic mass is 16.7. The van der Waals surface area contributed by atoms with E-state index in [2.05, 4.69) is 0 Å². The number of phenols is 3. The molecule has 0 amide bonds. The van der Waals surface area contributed by atoms with E-state index in [1.165, 1.54) is 18.2 Å². The van der Waals surface area contributed by atoms with Gasteiger partial charge in [-0.1, -0.05) is 6.07 Å². The Morgan fingerprint density at radius 1 is 0.906 bits per heavy atom. The summed E-state index contributed by atoms with van der Waals surface area (Å²) in [5.74, 6) is -1.31. The van der Waals surface area contributed by atoms with Crippen molar-refractivity contribution in [3.63, 3.8) is 0 Å². The second kappa shape index (κ2) is 8.30. The summed E-state index contributed by atoms with van der Waals surface area (Å²) in [6.07, 6.45) is -7.80. The van der Waals surface area contributed by atoms with Gasteiger partial charge in [0.2, 0.25) is 6.29 Å². The van der Waals surface area contributed by atoms with E-state index in [0.29, 0.717) is 5.56 Å². The molecule has 2 aromatic carbocycles. The third-order valence-electron chi connectivity index (χ3n) is 5.17. The van der Waals surface area contributed by atoms with Crippen LogP contribution in [0.1, 0.15) is 0 Å². The minimum Gasteiger partial charge on any atom is -0.508 e. The number of rotatable bonds is 4. The molecule has 3 aromatic rings. The lowest BCUT2D eigenvalue weighted by molar-refractivity contribution is -0.277. The molecule has 1 aliphatic rings. The Balaban J connectivity index is 1.86. The van der Waals surface area contributed by atoms with E-state index in [9.17, 15) is 40.5 Å². The van der Waals surface area contributed by atoms with E-state index in [1.807, 2.05) is 0 Å². The average Bonchev–Trinajstić information content (AvgIpc) is 2.75. The van der Waals surface area contributed by atoms with Crippen molar-refractivity contribution in [1.29, 1.82) is 0 Å². The number of benzene rings is 2. The van der Waals surface area contributed by atoms with Crippen LogP contribution >= 0.6 is 0 Å². The second-order valence-corrected chi connectivity index (χ2v) is 7.31. The largest absolute Gasteiger partial charge is 0.508 e. The summed E-state index contributed by atoms with van der Waals surface area (Å²) in [4.78, 5) is 12.1. The fraction of sp³-hybridized carbons (Fsp3) is 0.286. The molecule has 11 nitrogen and oxygen atoms in total. The summed E-state index contributed by atoms with van der Waals surface area (Å²) in [7, 11) is 0. The molecule has 7 N–H and O–H groups in total. The lowest BCUT2D eigenvalue weighted by Gasteiger charge is -2.39. The SMILES string of the molecule is O=c1cc(-c2ccc(O)c(O)c2)c2c(O[C@@H]3OC(CO)[C@@H](O)[C@H](O)C3O)cc(O)cc2o1. The van der Waals surface area contributed by atoms with Gasteiger partial charge in [0, 0.05) is 23.8 Å². The van der Waals surface area contributed by atoms with Crippen LogP contribution < -0.4 is 10.4 Å². The predicted molar refractivity (Wildman–Crippen MR) is 107 cm³/mol. The maximum absolute atomic E-state index is 12.1. The van der Waals surface area contributed by atoms with Crippen molar-refractivity contribution in [2.75, 3.05) is 6.61 Å². The van der Waals surface area contributed by atoms with E-state index in [-0.39, 0.29) is 33.8 Å². The number of hydrogen-bond acceptors (Lipinski definition) is 11. The number of aromatic hydroxyl groups is 3. The van der Waals surface area contributed by atoms with Crippen LogP contribution in [0.2, 0.25) is 0 Å². The highest BCUT2D eigenvalue weighted by Gasteiger charge is 2.45. The number of aliphatic hydroxyl groups is 4. The van der Waals surface area contributed by atoms with Crippen molar-refractivity contribution >= 4 is 11.0 Å². The summed E-state index contributed by atoms with van der Waals surface area (Å²) in [5, 5.41) is 69.3. The minimum absolute atomic E-state index is 0.0975. The molecular weight excluding hydrogens is 428 g/mol. The van der Waals surface area contributed by atoms with Crippen LogP contribution in [-0.4, -0.2) is 73.1 Å². The third-order valence-corrected chi connectivity index (χ3v) is 5.17. The van der Waals surface area contributed by atoms with Gasteiger partial charge in [0.1, 0.15) is 41.5 Å². The van der Waals surface area contributed by atoms with Crippen LogP contribution in [0.4, 0.5) is 0 Å². The van der Waals surface area contributed by atoms with Gasteiger partial charge in [-0.05, 0) is 17.7 Å². The van der Waals surface area contributed by atoms with Crippen molar-refractivity contribution in [2.24, 2.45) is 0 Å². The number of ether oxygens (including phenoxy) is 2. The highest BCUT2D eigenvalue weighted by molar-refractivity contribution is 5.98. The van der Waals surface area contributed by atoms with Crippen LogP contribution in [-0.2, 0) is 4.74 Å². The third kappa shape index (κ3) is 3.83. The first-order valence-electron chi connectivity index (χ1n) is 9.50. The lowest BCUT2D eigenvalue weighted by Crippen LogP contribution is -2.60. The Bertz CT molecular complexity index is 1200. The van der Waals surface area contributed by atoms with Gasteiger partial charge in [0.05, 0.1) is 12.0 Å². The molecule has 2 heterocycles. The molecular formula is C21H20O11. The van der Waals surface area contributed by atoms with Gasteiger partial charge in [0.25, 0.3) is 0 Å². The highest BCUT2D eigenvalue weighted by Crippen LogP contribution is 2.40. The maximum atomic E-state index is 12.1. The molecule has 0 saturated carbocycles. The minimum atomic E-state index is -1.72. The predicted octanol–water partition coefficient (Wildman–Crippen LogP) is -0.245. The van der Waals surface area contributed by atoms with Gasteiger partial charge in [-0.15, -0.1) is 0 Å². The normalized spacial score (nSPS) is 25.7. The number of fused-ring (bicyclic) bond motifs is 1. The Kier molecular flexibility index (Phi) is 5.67. The molecule has 1 aliphatic heterocycles. The van der Waals surface area contributed by atoms with Crippen molar-refractivity contribution < 1.29 is 49.6 Å². The van der Waals surface area contributed by atoms with Crippen LogP contribution in [0, 0.1) is 0 Å². The molecule has 0 spiro atoms. The Morgan fingerprint density at radius 3 is 2.34 bits per heavy atom. The molecule has 4 rings (SSSR count). The molecule has 11 heteroatoms. The first kappa shape index (κ1) is 21.9. The first-order valence-corrected chi connectivity index (χ1v) is 9.50. The Morgan fingerprint density at radius 2 is 1.66 bits per heavy atom. The van der Waals surface area contributed by atoms with Gasteiger partial charge < -0.3 is 49.6 Å². The Labute approximate surface area is 179 Å². The summed E-state index contributed by atoms with van der Waals surface area (Å²) in [5.41, 5.74) is -0.377. The fourth-order valence-corrected chi connectivity index (χ4v) is 3.55. The zero-order valence-corrected chi connectivity index (χ0v) is 16.3. The van der Waals surface area contributed by atoms with Gasteiger partial charge in [-0.3, -0.25) is 0 Å².